The van der Waals surface area contributed by atoms with Gasteiger partial charge in [-0.1, -0.05) is 30.5 Å². The quantitative estimate of drug-likeness (QED) is 0.682. The standard InChI is InChI=1S/C11H14ClN/c12-9-6-3-7-10(13)11(9)8-4-1-2-5-8/h3,6-8H,1-2,4-5,13H2. The first-order valence-electron chi connectivity index (χ1n) is 4.83. The first-order valence-corrected chi connectivity index (χ1v) is 5.20. The minimum atomic E-state index is 0.605. The fourth-order valence-electron chi connectivity index (χ4n) is 2.20. The zero-order valence-corrected chi connectivity index (χ0v) is 8.35. The van der Waals surface area contributed by atoms with Gasteiger partial charge in [-0.3, -0.25) is 0 Å². The highest BCUT2D eigenvalue weighted by Crippen LogP contribution is 2.40. The molecule has 2 rings (SSSR count). The lowest BCUT2D eigenvalue weighted by atomic mass is 9.96. The second-order valence-corrected chi connectivity index (χ2v) is 4.13. The first-order chi connectivity index (χ1) is 6.29. The Kier molecular flexibility index (Phi) is 2.45. The molecule has 2 N–H and O–H groups in total. The van der Waals surface area contributed by atoms with Crippen molar-refractivity contribution in [1.29, 1.82) is 0 Å². The molecule has 0 aliphatic heterocycles. The molecule has 1 aromatic carbocycles. The van der Waals surface area contributed by atoms with Crippen LogP contribution < -0.4 is 5.73 Å². The number of anilines is 1. The van der Waals surface area contributed by atoms with Crippen LogP contribution >= 0.6 is 11.6 Å². The molecule has 0 aromatic heterocycles. The Morgan fingerprint density at radius 2 is 1.92 bits per heavy atom. The Hall–Kier alpha value is -0.690. The Morgan fingerprint density at radius 3 is 2.54 bits per heavy atom. The summed E-state index contributed by atoms with van der Waals surface area (Å²) in [5.74, 6) is 0.605. The topological polar surface area (TPSA) is 26.0 Å². The molecule has 1 saturated carbocycles. The molecule has 2 heteroatoms. The van der Waals surface area contributed by atoms with E-state index in [-0.39, 0.29) is 0 Å². The third kappa shape index (κ3) is 1.66. The van der Waals surface area contributed by atoms with Crippen LogP contribution in [-0.4, -0.2) is 0 Å². The molecule has 13 heavy (non-hydrogen) atoms. The molecule has 0 amide bonds. The van der Waals surface area contributed by atoms with Crippen LogP contribution in [-0.2, 0) is 0 Å². The van der Waals surface area contributed by atoms with E-state index in [1.54, 1.807) is 0 Å². The normalized spacial score (nSPS) is 17.9. The highest BCUT2D eigenvalue weighted by Gasteiger charge is 2.21. The molecule has 0 radical (unpaired) electrons. The minimum Gasteiger partial charge on any atom is -0.398 e. The second-order valence-electron chi connectivity index (χ2n) is 3.72. The van der Waals surface area contributed by atoms with E-state index in [0.29, 0.717) is 5.92 Å². The molecule has 0 spiro atoms. The van der Waals surface area contributed by atoms with E-state index in [2.05, 4.69) is 0 Å². The van der Waals surface area contributed by atoms with Gasteiger partial charge in [0.1, 0.15) is 0 Å². The lowest BCUT2D eigenvalue weighted by Gasteiger charge is -2.14. The molecule has 1 fully saturated rings. The van der Waals surface area contributed by atoms with Crippen molar-refractivity contribution in [1.82, 2.24) is 0 Å². The van der Waals surface area contributed by atoms with E-state index >= 15 is 0 Å². The van der Waals surface area contributed by atoms with Gasteiger partial charge in [-0.2, -0.15) is 0 Å². The van der Waals surface area contributed by atoms with Crippen LogP contribution in [0.3, 0.4) is 0 Å². The Morgan fingerprint density at radius 1 is 1.23 bits per heavy atom. The van der Waals surface area contributed by atoms with Gasteiger partial charge >= 0.3 is 0 Å². The average Bonchev–Trinajstić information content (AvgIpc) is 2.57. The fourth-order valence-corrected chi connectivity index (χ4v) is 2.54. The largest absolute Gasteiger partial charge is 0.398 e. The summed E-state index contributed by atoms with van der Waals surface area (Å²) in [6, 6.07) is 5.79. The predicted molar refractivity (Wildman–Crippen MR) is 57.1 cm³/mol. The number of rotatable bonds is 1. The summed E-state index contributed by atoms with van der Waals surface area (Å²) in [5, 5.41) is 0.840. The van der Waals surface area contributed by atoms with Crippen molar-refractivity contribution in [2.75, 3.05) is 5.73 Å². The molecule has 0 saturated heterocycles. The first kappa shape index (κ1) is 8.89. The van der Waals surface area contributed by atoms with Gasteiger partial charge in [0.2, 0.25) is 0 Å². The smallest absolute Gasteiger partial charge is 0.0461 e. The number of nitrogens with two attached hydrogens (primary N) is 1. The van der Waals surface area contributed by atoms with Gasteiger partial charge in [-0.25, -0.2) is 0 Å². The van der Waals surface area contributed by atoms with Crippen LogP contribution in [0.2, 0.25) is 5.02 Å². The van der Waals surface area contributed by atoms with Gasteiger partial charge in [0, 0.05) is 10.7 Å². The van der Waals surface area contributed by atoms with E-state index in [1.165, 1.54) is 31.2 Å². The Bertz CT molecular complexity index is 283. The average molecular weight is 196 g/mol. The molecule has 1 aromatic rings. The fraction of sp³-hybridized carbons (Fsp3) is 0.455. The minimum absolute atomic E-state index is 0.605. The Balaban J connectivity index is 2.37. The molecule has 0 bridgehead atoms. The highest BCUT2D eigenvalue weighted by molar-refractivity contribution is 6.31. The Labute approximate surface area is 83.9 Å². The van der Waals surface area contributed by atoms with Crippen LogP contribution in [0.1, 0.15) is 37.2 Å². The molecule has 1 aliphatic rings. The summed E-state index contributed by atoms with van der Waals surface area (Å²) in [6.07, 6.45) is 5.12. The zero-order valence-electron chi connectivity index (χ0n) is 7.59. The van der Waals surface area contributed by atoms with Gasteiger partial charge in [-0.15, -0.1) is 0 Å². The van der Waals surface area contributed by atoms with E-state index in [1.807, 2.05) is 18.2 Å². The van der Waals surface area contributed by atoms with Gasteiger partial charge in [0.15, 0.2) is 0 Å². The van der Waals surface area contributed by atoms with Crippen molar-refractivity contribution in [2.45, 2.75) is 31.6 Å². The number of halogens is 1. The van der Waals surface area contributed by atoms with E-state index in [0.717, 1.165) is 10.7 Å². The van der Waals surface area contributed by atoms with Crippen molar-refractivity contribution in [3.8, 4) is 0 Å². The van der Waals surface area contributed by atoms with Gasteiger partial charge in [0.05, 0.1) is 0 Å². The maximum absolute atomic E-state index is 6.13. The number of benzene rings is 1. The van der Waals surface area contributed by atoms with Crippen LogP contribution in [0.5, 0.6) is 0 Å². The second kappa shape index (κ2) is 3.59. The van der Waals surface area contributed by atoms with Gasteiger partial charge < -0.3 is 5.73 Å². The lowest BCUT2D eigenvalue weighted by molar-refractivity contribution is 0.726. The van der Waals surface area contributed by atoms with E-state index in [4.69, 9.17) is 17.3 Å². The highest BCUT2D eigenvalue weighted by atomic mass is 35.5. The summed E-state index contributed by atoms with van der Waals surface area (Å²) >= 11 is 6.13. The molecule has 0 heterocycles. The van der Waals surface area contributed by atoms with Crippen LogP contribution in [0, 0.1) is 0 Å². The zero-order chi connectivity index (χ0) is 9.26. The molecule has 1 aliphatic carbocycles. The third-order valence-electron chi connectivity index (χ3n) is 2.85. The van der Waals surface area contributed by atoms with Crippen molar-refractivity contribution in [3.63, 3.8) is 0 Å². The molecule has 0 unspecified atom stereocenters. The molecule has 1 nitrogen and oxygen atoms in total. The molecule has 0 atom stereocenters. The van der Waals surface area contributed by atoms with E-state index < -0.39 is 0 Å². The molecule has 70 valence electrons. The maximum Gasteiger partial charge on any atom is 0.0461 e. The van der Waals surface area contributed by atoms with Crippen molar-refractivity contribution in [3.05, 3.63) is 28.8 Å². The lowest BCUT2D eigenvalue weighted by Crippen LogP contribution is -1.99. The van der Waals surface area contributed by atoms with Crippen molar-refractivity contribution in [2.24, 2.45) is 0 Å². The summed E-state index contributed by atoms with van der Waals surface area (Å²) < 4.78 is 0. The van der Waals surface area contributed by atoms with Crippen molar-refractivity contribution >= 4 is 17.3 Å². The number of hydrogen-bond donors (Lipinski definition) is 1. The molecular weight excluding hydrogens is 182 g/mol. The summed E-state index contributed by atoms with van der Waals surface area (Å²) in [7, 11) is 0. The van der Waals surface area contributed by atoms with Crippen LogP contribution in [0.25, 0.3) is 0 Å². The number of nitrogen functional groups attached to an aromatic ring is 1. The monoisotopic (exact) mass is 195 g/mol. The van der Waals surface area contributed by atoms with Gasteiger partial charge in [0.25, 0.3) is 0 Å². The molecular formula is C11H14ClN. The maximum atomic E-state index is 6.13. The van der Waals surface area contributed by atoms with Crippen LogP contribution in [0.15, 0.2) is 18.2 Å². The summed E-state index contributed by atoms with van der Waals surface area (Å²) in [5.41, 5.74) is 7.96. The van der Waals surface area contributed by atoms with Crippen LogP contribution in [0.4, 0.5) is 5.69 Å². The van der Waals surface area contributed by atoms with Crippen molar-refractivity contribution < 1.29 is 0 Å². The SMILES string of the molecule is Nc1cccc(Cl)c1C1CCCC1. The van der Waals surface area contributed by atoms with E-state index in [9.17, 15) is 0 Å². The summed E-state index contributed by atoms with van der Waals surface area (Å²) in [6.45, 7) is 0. The summed E-state index contributed by atoms with van der Waals surface area (Å²) in [4.78, 5) is 0. The predicted octanol–water partition coefficient (Wildman–Crippen LogP) is 3.58. The van der Waals surface area contributed by atoms with Gasteiger partial charge in [-0.05, 0) is 36.5 Å². The number of hydrogen-bond acceptors (Lipinski definition) is 1. The third-order valence-corrected chi connectivity index (χ3v) is 3.18.